The fourth-order valence-corrected chi connectivity index (χ4v) is 3.97. The largest absolute Gasteiger partial charge is 0.508 e. The van der Waals surface area contributed by atoms with Gasteiger partial charge in [0, 0.05) is 11.5 Å². The van der Waals surface area contributed by atoms with Crippen LogP contribution in [0.5, 0.6) is 5.75 Å². The lowest BCUT2D eigenvalue weighted by atomic mass is 9.56. The lowest BCUT2D eigenvalue weighted by molar-refractivity contribution is 0.308. The normalized spacial score (nSPS) is 24.8. The van der Waals surface area contributed by atoms with Crippen molar-refractivity contribution in [3.05, 3.63) is 52.7 Å². The van der Waals surface area contributed by atoms with Gasteiger partial charge in [-0.05, 0) is 36.8 Å². The second kappa shape index (κ2) is 5.76. The van der Waals surface area contributed by atoms with Crippen molar-refractivity contribution in [3.8, 4) is 24.0 Å². The van der Waals surface area contributed by atoms with Gasteiger partial charge in [-0.15, -0.1) is 0 Å². The molecule has 2 atom stereocenters. The zero-order valence-corrected chi connectivity index (χ0v) is 13.0. The molecule has 5 heteroatoms. The van der Waals surface area contributed by atoms with Crippen LogP contribution in [0.1, 0.15) is 30.7 Å². The van der Waals surface area contributed by atoms with Crippen LogP contribution in [0.2, 0.25) is 0 Å². The van der Waals surface area contributed by atoms with E-state index in [2.05, 4.69) is 18.2 Å². The van der Waals surface area contributed by atoms with Gasteiger partial charge in [0.15, 0.2) is 5.41 Å². The number of para-hydroxylation sites is 1. The van der Waals surface area contributed by atoms with E-state index in [-0.39, 0.29) is 22.9 Å². The minimum Gasteiger partial charge on any atom is -0.508 e. The minimum absolute atomic E-state index is 0.00680. The molecule has 0 radical (unpaired) electrons. The van der Waals surface area contributed by atoms with Gasteiger partial charge in [-0.25, -0.2) is 0 Å². The lowest BCUT2D eigenvalue weighted by Gasteiger charge is -2.43. The van der Waals surface area contributed by atoms with Crippen LogP contribution in [-0.2, 0) is 0 Å². The van der Waals surface area contributed by atoms with Crippen molar-refractivity contribution in [1.29, 1.82) is 15.8 Å². The van der Waals surface area contributed by atoms with Crippen LogP contribution in [0.3, 0.4) is 0 Å². The molecule has 2 aliphatic carbocycles. The number of fused-ring (bicyclic) bond motifs is 1. The third-order valence-corrected chi connectivity index (χ3v) is 5.07. The first kappa shape index (κ1) is 15.7. The number of allylic oxidation sites excluding steroid dienone is 4. The number of phenolic OH excluding ortho intramolecular Hbond substituents is 1. The Labute approximate surface area is 140 Å². The molecule has 0 saturated carbocycles. The second-order valence-electron chi connectivity index (χ2n) is 6.17. The van der Waals surface area contributed by atoms with E-state index in [0.29, 0.717) is 5.56 Å². The van der Waals surface area contributed by atoms with Crippen molar-refractivity contribution in [1.82, 2.24) is 0 Å². The summed E-state index contributed by atoms with van der Waals surface area (Å²) >= 11 is 0. The Bertz CT molecular complexity index is 862. The van der Waals surface area contributed by atoms with E-state index < -0.39 is 11.3 Å². The molecule has 2 unspecified atom stereocenters. The highest BCUT2D eigenvalue weighted by Gasteiger charge is 2.54. The van der Waals surface area contributed by atoms with Crippen LogP contribution < -0.4 is 5.73 Å². The maximum atomic E-state index is 10.3. The highest BCUT2D eigenvalue weighted by molar-refractivity contribution is 5.60. The average Bonchev–Trinajstić information content (AvgIpc) is 2.62. The Morgan fingerprint density at radius 2 is 1.88 bits per heavy atom. The Morgan fingerprint density at radius 3 is 2.50 bits per heavy atom. The quantitative estimate of drug-likeness (QED) is 0.825. The van der Waals surface area contributed by atoms with Crippen LogP contribution in [0.25, 0.3) is 0 Å². The van der Waals surface area contributed by atoms with E-state index >= 15 is 0 Å². The molecule has 3 N–H and O–H groups in total. The van der Waals surface area contributed by atoms with Gasteiger partial charge in [-0.3, -0.25) is 0 Å². The number of rotatable bonds is 1. The number of hydrogen-bond donors (Lipinski definition) is 2. The summed E-state index contributed by atoms with van der Waals surface area (Å²) in [5, 5.41) is 39.5. The van der Waals surface area contributed by atoms with Gasteiger partial charge in [0.05, 0.1) is 23.4 Å². The number of nitriles is 3. The summed E-state index contributed by atoms with van der Waals surface area (Å²) in [4.78, 5) is 0. The lowest BCUT2D eigenvalue weighted by Crippen LogP contribution is -2.42. The summed E-state index contributed by atoms with van der Waals surface area (Å²) in [6.07, 6.45) is 4.47. The molecule has 118 valence electrons. The molecule has 0 heterocycles. The van der Waals surface area contributed by atoms with Gasteiger partial charge in [0.1, 0.15) is 11.8 Å². The van der Waals surface area contributed by atoms with Crippen LogP contribution in [0.4, 0.5) is 0 Å². The molecule has 3 rings (SSSR count). The van der Waals surface area contributed by atoms with Crippen molar-refractivity contribution < 1.29 is 5.11 Å². The van der Waals surface area contributed by atoms with Crippen molar-refractivity contribution >= 4 is 0 Å². The van der Waals surface area contributed by atoms with Crippen LogP contribution in [0.15, 0.2) is 47.2 Å². The van der Waals surface area contributed by atoms with Crippen molar-refractivity contribution in [2.24, 2.45) is 17.1 Å². The molecule has 1 aromatic carbocycles. The van der Waals surface area contributed by atoms with Gasteiger partial charge in [0.2, 0.25) is 0 Å². The van der Waals surface area contributed by atoms with Gasteiger partial charge in [0.25, 0.3) is 0 Å². The Balaban J connectivity index is 2.37. The van der Waals surface area contributed by atoms with Crippen molar-refractivity contribution in [2.45, 2.75) is 25.2 Å². The molecule has 5 nitrogen and oxygen atoms in total. The number of aromatic hydroxyl groups is 1. The van der Waals surface area contributed by atoms with Crippen LogP contribution in [-0.4, -0.2) is 5.11 Å². The summed E-state index contributed by atoms with van der Waals surface area (Å²) < 4.78 is 0. The highest BCUT2D eigenvalue weighted by Crippen LogP contribution is 2.56. The van der Waals surface area contributed by atoms with E-state index in [1.807, 2.05) is 6.08 Å². The molecule has 1 aromatic rings. The Hall–Kier alpha value is -3.23. The first-order chi connectivity index (χ1) is 11.6. The average molecular weight is 316 g/mol. The highest BCUT2D eigenvalue weighted by atomic mass is 16.3. The number of phenols is 1. The Kier molecular flexibility index (Phi) is 3.76. The van der Waals surface area contributed by atoms with Crippen molar-refractivity contribution in [2.75, 3.05) is 0 Å². The number of hydrogen-bond acceptors (Lipinski definition) is 5. The molecule has 0 amide bonds. The van der Waals surface area contributed by atoms with E-state index in [9.17, 15) is 20.9 Å². The molecule has 24 heavy (non-hydrogen) atoms. The summed E-state index contributed by atoms with van der Waals surface area (Å²) in [5.41, 5.74) is 6.07. The molecule has 2 aliphatic rings. The topological polar surface area (TPSA) is 118 Å². The maximum Gasteiger partial charge on any atom is 0.191 e. The zero-order valence-electron chi connectivity index (χ0n) is 13.0. The second-order valence-corrected chi connectivity index (χ2v) is 6.17. The molecule has 0 bridgehead atoms. The molecule has 0 fully saturated rings. The fourth-order valence-electron chi connectivity index (χ4n) is 3.97. The van der Waals surface area contributed by atoms with E-state index in [1.165, 1.54) is 0 Å². The third kappa shape index (κ3) is 1.98. The van der Waals surface area contributed by atoms with Gasteiger partial charge in [-0.2, -0.15) is 15.8 Å². The standard InChI is InChI=1S/C19H16N4O/c20-9-15-12-5-1-2-6-13(12)17(14-7-3-4-8-16(14)24)19(10-21,11-22)18(15)23/h3-5,7-8,13,17,24H,1-2,6,23H2. The molecular formula is C19H16N4O. The van der Waals surface area contributed by atoms with Gasteiger partial charge < -0.3 is 10.8 Å². The number of nitrogens with two attached hydrogens (primary N) is 1. The monoisotopic (exact) mass is 316 g/mol. The SMILES string of the molecule is N#CC1=C(N)C(C#N)(C#N)C(c2ccccc2O)C2CCCC=C12. The van der Waals surface area contributed by atoms with Crippen molar-refractivity contribution in [3.63, 3.8) is 0 Å². The van der Waals surface area contributed by atoms with E-state index in [1.54, 1.807) is 24.3 Å². The number of nitrogens with zero attached hydrogens (tertiary/aromatic N) is 3. The van der Waals surface area contributed by atoms with Gasteiger partial charge in [-0.1, -0.05) is 24.3 Å². The van der Waals surface area contributed by atoms with Crippen LogP contribution in [0, 0.1) is 45.3 Å². The number of benzene rings is 1. The third-order valence-electron chi connectivity index (χ3n) is 5.07. The smallest absolute Gasteiger partial charge is 0.191 e. The molecule has 0 spiro atoms. The first-order valence-electron chi connectivity index (χ1n) is 7.81. The molecular weight excluding hydrogens is 300 g/mol. The zero-order chi connectivity index (χ0) is 17.3. The predicted octanol–water partition coefficient (Wildman–Crippen LogP) is 2.99. The van der Waals surface area contributed by atoms with E-state index in [0.717, 1.165) is 24.8 Å². The van der Waals surface area contributed by atoms with Crippen LogP contribution >= 0.6 is 0 Å². The summed E-state index contributed by atoms with van der Waals surface area (Å²) in [7, 11) is 0. The summed E-state index contributed by atoms with van der Waals surface area (Å²) in [6, 6.07) is 12.9. The minimum atomic E-state index is -1.66. The predicted molar refractivity (Wildman–Crippen MR) is 86.8 cm³/mol. The molecule has 0 saturated heterocycles. The first-order valence-corrected chi connectivity index (χ1v) is 7.81. The summed E-state index contributed by atoms with van der Waals surface area (Å²) in [6.45, 7) is 0. The van der Waals surface area contributed by atoms with Gasteiger partial charge >= 0.3 is 0 Å². The molecule has 0 aromatic heterocycles. The van der Waals surface area contributed by atoms with E-state index in [4.69, 9.17) is 5.73 Å². The maximum absolute atomic E-state index is 10.3. The molecule has 0 aliphatic heterocycles. The Morgan fingerprint density at radius 1 is 1.17 bits per heavy atom. The fraction of sp³-hybridized carbons (Fsp3) is 0.316. The summed E-state index contributed by atoms with van der Waals surface area (Å²) in [5.74, 6) is -0.749.